The van der Waals surface area contributed by atoms with Crippen LogP contribution in [-0.2, 0) is 99.4 Å². The minimum atomic E-state index is -2.23. The normalized spacial score (nSPS) is 30.4. The van der Waals surface area contributed by atoms with Gasteiger partial charge in [-0.2, -0.15) is 10.6 Å². The summed E-state index contributed by atoms with van der Waals surface area (Å²) in [5, 5.41) is 64.5. The number of rotatable bonds is 31. The molecule has 4 fully saturated rings. The molecule has 36 heteroatoms. The standard InChI is InChI=1S/C73H97IN6O25S3.Y/c1-15-80(41(7)81)45-35-98-52(32-49(45)92-10)103-65-60(87)57(79-105-53-31-46(82)67(40(6)99-53)107-68(89)54-36(2)56(74)63(66(95-13)62(54)93-11)104-69-61(88)64(94-12)59(86)39(5)101-69)38(4)100-70(65)102-48-21-18-16-17-19-28-73(91)33-47(83)58(76-71(90)96-14)55(48)44(73)27-30-106-108-72(8,9)34-51(85)78-77-37(3)42-23-25-43(26-24-42)97-29-20-22-50(75)84;/h16-17,23-27,38-40,45-46,48-49,52-53,57,59-61,64-65,67,69-70,79,82,86-88,91H,15,20,22,29-35H2,1-14H3,(H4,75,76,78,84,85,90);/p-1/b17-16-,44-27+,77-37+;/t38-,39+,40-,45+,46+,48?,49+,52+,53+,57-,59+,60+,61-,64-,65-,67-,69+,70+,73+;/m1./s1. The third kappa shape index (κ3) is 23.1. The maximum atomic E-state index is 14.6. The van der Waals surface area contributed by atoms with Gasteiger partial charge < -0.3 is 103 Å². The van der Waals surface area contributed by atoms with Crippen molar-refractivity contribution in [2.45, 2.75) is 221 Å². The van der Waals surface area contributed by atoms with Crippen molar-refractivity contribution in [3.05, 3.63) is 85.3 Å². The molecule has 0 spiro atoms. The van der Waals surface area contributed by atoms with E-state index in [-0.39, 0.29) is 129 Å². The van der Waals surface area contributed by atoms with Crippen molar-refractivity contribution in [1.29, 1.82) is 0 Å². The first-order chi connectivity index (χ1) is 51.3. The van der Waals surface area contributed by atoms with E-state index in [0.29, 0.717) is 33.6 Å². The number of hydrogen-bond donors (Lipinski definition) is 8. The Labute approximate surface area is 684 Å². The molecule has 0 aromatic heterocycles. The molecule has 2 aliphatic carbocycles. The van der Waals surface area contributed by atoms with Gasteiger partial charge in [0.15, 0.2) is 41.8 Å². The summed E-state index contributed by atoms with van der Waals surface area (Å²) >= 11 is 2.78. The molecule has 109 heavy (non-hydrogen) atoms. The largest absolute Gasteiger partial charge is 0.668 e. The number of fused-ring (bicyclic) bond motifs is 2. The Bertz CT molecular complexity index is 3810. The second-order valence-corrected chi connectivity index (χ2v) is 32.0. The third-order valence-electron chi connectivity index (χ3n) is 18.6. The average Bonchev–Trinajstić information content (AvgIpc) is 0.755. The first kappa shape index (κ1) is 91.1. The van der Waals surface area contributed by atoms with Crippen molar-refractivity contribution >= 4 is 96.4 Å². The number of alkyl carbamates (subject to hydrolysis) is 1. The summed E-state index contributed by atoms with van der Waals surface area (Å²) in [6, 6.07) is 5.30. The zero-order chi connectivity index (χ0) is 79.1. The molecule has 2 aromatic rings. The van der Waals surface area contributed by atoms with Crippen molar-refractivity contribution in [3.63, 3.8) is 0 Å². The molecule has 19 atom stereocenters. The number of hydrogen-bond acceptors (Lipinski definition) is 30. The van der Waals surface area contributed by atoms with Crippen LogP contribution >= 0.6 is 55.9 Å². The van der Waals surface area contributed by atoms with Crippen LogP contribution in [0.15, 0.2) is 64.4 Å². The number of Topliss-reactive ketones (excluding diaryl/α,β-unsaturated/α-hetero) is 1. The van der Waals surface area contributed by atoms with Gasteiger partial charge in [-0.25, -0.2) is 10.2 Å². The van der Waals surface area contributed by atoms with Crippen LogP contribution in [0.1, 0.15) is 115 Å². The van der Waals surface area contributed by atoms with E-state index in [1.165, 1.54) is 69.1 Å². The van der Waals surface area contributed by atoms with Gasteiger partial charge in [0, 0.05) is 107 Å². The van der Waals surface area contributed by atoms with Crippen LogP contribution in [0.25, 0.3) is 5.73 Å². The number of aliphatic hydroxyl groups is 5. The minimum Gasteiger partial charge on any atom is -0.668 e. The maximum Gasteiger partial charge on any atom is 0.411 e. The molecule has 1 unspecified atom stereocenters. The van der Waals surface area contributed by atoms with E-state index in [0.717, 1.165) is 24.4 Å². The van der Waals surface area contributed by atoms with E-state index in [2.05, 4.69) is 45.0 Å². The molecule has 1 radical (unpaired) electrons. The average molecular weight is 1770 g/mol. The number of aliphatic hydroxyl groups excluding tert-OH is 4. The van der Waals surface area contributed by atoms with Crippen LogP contribution in [0.3, 0.4) is 0 Å². The van der Waals surface area contributed by atoms with Crippen LogP contribution in [0, 0.1) is 34.2 Å². The first-order valence-electron chi connectivity index (χ1n) is 34.9. The molecule has 4 heterocycles. The number of halogens is 1. The van der Waals surface area contributed by atoms with Gasteiger partial charge >= 0.3 is 6.09 Å². The Morgan fingerprint density at radius 3 is 2.21 bits per heavy atom. The van der Waals surface area contributed by atoms with Gasteiger partial charge in [-0.1, -0.05) is 63.1 Å². The number of hydrazone groups is 1. The molecule has 9 N–H and O–H groups in total. The topological polar surface area (TPSA) is 408 Å². The van der Waals surface area contributed by atoms with E-state index in [4.69, 9.17) is 72.2 Å². The van der Waals surface area contributed by atoms with Gasteiger partial charge in [0.1, 0.15) is 42.4 Å². The van der Waals surface area contributed by atoms with Crippen LogP contribution in [-0.4, -0.2) is 252 Å². The summed E-state index contributed by atoms with van der Waals surface area (Å²) in [5.41, 5.74) is 11.6. The third-order valence-corrected chi connectivity index (χ3v) is 24.4. The van der Waals surface area contributed by atoms with Crippen molar-refractivity contribution in [2.75, 3.05) is 61.1 Å². The van der Waals surface area contributed by atoms with Crippen molar-refractivity contribution < 1.29 is 153 Å². The Kier molecular flexibility index (Phi) is 35.0. The van der Waals surface area contributed by atoms with Gasteiger partial charge in [-0.3, -0.25) is 29.3 Å². The summed E-state index contributed by atoms with van der Waals surface area (Å²) in [4.78, 5) is 87.4. The summed E-state index contributed by atoms with van der Waals surface area (Å²) in [5.74, 6) is 10.2. The fraction of sp³-hybridized carbons (Fsp3) is 0.603. The quantitative estimate of drug-likeness (QED) is 0.0113. The number of hydroxylamine groups is 1. The predicted octanol–water partition coefficient (Wildman–Crippen LogP) is 5.62. The van der Waals surface area contributed by atoms with Gasteiger partial charge in [-0.05, 0) is 138 Å². The second kappa shape index (κ2) is 41.8. The molecule has 2 bridgehead atoms. The number of ketones is 1. The Hall–Kier alpha value is -5.05. The number of amides is 4. The maximum absolute atomic E-state index is 14.6. The number of carbonyl (C=O) groups excluding carboxylic acids is 6. The van der Waals surface area contributed by atoms with Gasteiger partial charge in [-0.15, -0.1) is 0 Å². The number of methoxy groups -OCH3 is 5. The Balaban J connectivity index is 0.0000165. The number of nitrogens with zero attached hydrogens (tertiary/aromatic N) is 2. The number of ether oxygens (including phenoxy) is 13. The Morgan fingerprint density at radius 1 is 0.872 bits per heavy atom. The van der Waals surface area contributed by atoms with Gasteiger partial charge in [0.05, 0.1) is 109 Å². The summed E-state index contributed by atoms with van der Waals surface area (Å²) in [6.45, 7) is 15.8. The molecule has 4 amide bonds. The Morgan fingerprint density at radius 2 is 1.57 bits per heavy atom. The van der Waals surface area contributed by atoms with E-state index in [9.17, 15) is 54.3 Å². The number of benzene rings is 2. The van der Waals surface area contributed by atoms with Crippen LogP contribution in [0.4, 0.5) is 4.79 Å². The first-order valence-corrected chi connectivity index (χ1v) is 39.1. The molecule has 2 aromatic carbocycles. The number of thioether (sulfide) groups is 1. The van der Waals surface area contributed by atoms with Crippen LogP contribution in [0.5, 0.6) is 23.0 Å². The molecule has 8 rings (SSSR count). The van der Waals surface area contributed by atoms with E-state index < -0.39 is 149 Å². The van der Waals surface area contributed by atoms with E-state index in [1.807, 2.05) is 43.4 Å². The molecule has 6 aliphatic rings. The molecule has 31 nitrogen and oxygen atoms in total. The minimum absolute atomic E-state index is 0. The van der Waals surface area contributed by atoms with Crippen molar-refractivity contribution in [1.82, 2.24) is 21.1 Å². The van der Waals surface area contributed by atoms with Gasteiger partial charge in [0.2, 0.25) is 29.0 Å². The zero-order valence-electron chi connectivity index (χ0n) is 63.0. The molecule has 597 valence electrons. The summed E-state index contributed by atoms with van der Waals surface area (Å²) in [6.07, 6.45) is -15.4. The molecule has 4 saturated heterocycles. The summed E-state index contributed by atoms with van der Waals surface area (Å²) in [7, 11) is 9.27. The fourth-order valence-electron chi connectivity index (χ4n) is 13.0. The number of allylic oxidation sites excluding steroid dienone is 3. The van der Waals surface area contributed by atoms with E-state index >= 15 is 0 Å². The second-order valence-electron chi connectivity index (χ2n) is 26.7. The molecule has 4 aliphatic heterocycles. The van der Waals surface area contributed by atoms with Crippen molar-refractivity contribution in [2.24, 2.45) is 5.10 Å². The fourth-order valence-corrected chi connectivity index (χ4v) is 17.1. The number of carbonyl (C=O) groups is 6. The SMILES string of the molecule is CCN(C(C)=O)[C@H]1CO[C@@H](O[C@H]2[C@H](OC3C#C/C=C\C#C[C@]4(O)CC(=O)C(NC(=O)OC)=C3/C4=C\CSSC(C)(C)CC(=O)N/N=C(\C)c3ccc(OCCCC([NH-])=O)cc3)O[C@H](C)[C@@H](NO[C@H]3C[C@H](O)[C@H](SC(=O)c4c(C)c(I)c(O[C@@H]5O[C@@H](C)[C@H](O)[C@@H](OC)[C@H]5O)c(OC)c4OC)[C@@H](C)O3)[C@@H]2O)C[C@@H]1OC.[Y]. The van der Waals surface area contributed by atoms with Crippen molar-refractivity contribution in [3.8, 4) is 46.7 Å². The zero-order valence-corrected chi connectivity index (χ0v) is 70.4. The molecular formula is C73H96IN6O25S3Y-. The predicted molar refractivity (Wildman–Crippen MR) is 405 cm³/mol. The summed E-state index contributed by atoms with van der Waals surface area (Å²) < 4.78 is 78.1. The molecular weight excluding hydrogens is 1670 g/mol. The van der Waals surface area contributed by atoms with Crippen LogP contribution < -0.4 is 35.2 Å². The van der Waals surface area contributed by atoms with Crippen LogP contribution in [0.2, 0.25) is 0 Å². The van der Waals surface area contributed by atoms with E-state index in [1.54, 1.807) is 69.9 Å². The van der Waals surface area contributed by atoms with Gasteiger partial charge in [0.25, 0.3) is 0 Å². The molecule has 0 saturated carbocycles. The monoisotopic (exact) mass is 1770 g/mol. The number of nitrogens with one attached hydrogen (secondary N) is 4. The number of likely N-dealkylation sites (N-methyl/N-ethyl adjacent to an activating group) is 1. The smallest absolute Gasteiger partial charge is 0.411 e.